The Balaban J connectivity index is 2.63. The molecule has 0 N–H and O–H groups in total. The fraction of sp³-hybridized carbons (Fsp3) is 0.429. The van der Waals surface area contributed by atoms with Gasteiger partial charge < -0.3 is 4.74 Å². The van der Waals surface area contributed by atoms with E-state index in [1.54, 1.807) is 6.20 Å². The fourth-order valence-electron chi connectivity index (χ4n) is 1.65. The summed E-state index contributed by atoms with van der Waals surface area (Å²) >= 11 is 3.41. The van der Waals surface area contributed by atoms with Crippen molar-refractivity contribution in [1.82, 2.24) is 4.98 Å². The van der Waals surface area contributed by atoms with Crippen molar-refractivity contribution >= 4 is 27.5 Å². The van der Waals surface area contributed by atoms with Crippen LogP contribution in [0.5, 0.6) is 0 Å². The predicted molar refractivity (Wildman–Crippen MR) is 76.1 cm³/mol. The van der Waals surface area contributed by atoms with Gasteiger partial charge in [-0.05, 0) is 52.9 Å². The molecule has 0 saturated heterocycles. The largest absolute Gasteiger partial charge is 0.466 e. The molecule has 1 aromatic heterocycles. The molecule has 0 aliphatic heterocycles. The highest BCUT2D eigenvalue weighted by Gasteiger charge is 2.03. The molecular formula is C14H18BrNO2. The lowest BCUT2D eigenvalue weighted by atomic mass is 10.0. The Kier molecular flexibility index (Phi) is 6.65. The number of allylic oxidation sites excluding steroid dienone is 2. The van der Waals surface area contributed by atoms with Gasteiger partial charge in [0.15, 0.2) is 0 Å². The first-order chi connectivity index (χ1) is 8.67. The quantitative estimate of drug-likeness (QED) is 0.746. The summed E-state index contributed by atoms with van der Waals surface area (Å²) in [5.41, 5.74) is 2.30. The molecule has 18 heavy (non-hydrogen) atoms. The van der Waals surface area contributed by atoms with Gasteiger partial charge in [0.1, 0.15) is 0 Å². The summed E-state index contributed by atoms with van der Waals surface area (Å²) in [6.45, 7) is 4.36. The molecule has 0 amide bonds. The van der Waals surface area contributed by atoms with Crippen molar-refractivity contribution in [2.45, 2.75) is 33.1 Å². The highest BCUT2D eigenvalue weighted by molar-refractivity contribution is 9.10. The van der Waals surface area contributed by atoms with Gasteiger partial charge in [0.05, 0.1) is 6.61 Å². The molecule has 0 unspecified atom stereocenters. The molecule has 3 nitrogen and oxygen atoms in total. The lowest BCUT2D eigenvalue weighted by molar-refractivity contribution is -0.142. The average molecular weight is 312 g/mol. The molecule has 0 aliphatic rings. The lowest BCUT2D eigenvalue weighted by Crippen LogP contribution is -2.02. The van der Waals surface area contributed by atoms with E-state index in [-0.39, 0.29) is 5.97 Å². The van der Waals surface area contributed by atoms with Crippen molar-refractivity contribution in [2.75, 3.05) is 6.61 Å². The second-order valence-electron chi connectivity index (χ2n) is 3.82. The Morgan fingerprint density at radius 1 is 1.44 bits per heavy atom. The molecule has 0 aromatic carbocycles. The highest BCUT2D eigenvalue weighted by Crippen LogP contribution is 2.21. The van der Waals surface area contributed by atoms with Crippen LogP contribution in [0, 0.1) is 0 Å². The molecule has 0 saturated carbocycles. The summed E-state index contributed by atoms with van der Waals surface area (Å²) in [6, 6.07) is 2.03. The Bertz CT molecular complexity index is 430. The second-order valence-corrected chi connectivity index (χ2v) is 4.73. The summed E-state index contributed by atoms with van der Waals surface area (Å²) in [5.74, 6) is -0.142. The summed E-state index contributed by atoms with van der Waals surface area (Å²) in [4.78, 5) is 15.4. The standard InChI is InChI=1S/C14H18BrNO2/c1-3-11(6-5-7-14(17)18-4-2)12-8-13(15)10-16-9-12/h6,8-10H,3-5,7H2,1-2H3/b11-6+. The monoisotopic (exact) mass is 311 g/mol. The van der Waals surface area contributed by atoms with Gasteiger partial charge in [-0.3, -0.25) is 9.78 Å². The molecule has 0 radical (unpaired) electrons. The number of carbonyl (C=O) groups excluding carboxylic acids is 1. The fourth-order valence-corrected chi connectivity index (χ4v) is 2.02. The SMILES string of the molecule is CCOC(=O)CC/C=C(\CC)c1cncc(Br)c1. The Morgan fingerprint density at radius 2 is 2.22 bits per heavy atom. The van der Waals surface area contributed by atoms with E-state index >= 15 is 0 Å². The van der Waals surface area contributed by atoms with Crippen molar-refractivity contribution in [3.63, 3.8) is 0 Å². The minimum absolute atomic E-state index is 0.142. The van der Waals surface area contributed by atoms with E-state index in [0.29, 0.717) is 19.4 Å². The lowest BCUT2D eigenvalue weighted by Gasteiger charge is -2.05. The molecule has 0 fully saturated rings. The van der Waals surface area contributed by atoms with Crippen LogP contribution in [0.25, 0.3) is 5.57 Å². The van der Waals surface area contributed by atoms with Crippen molar-refractivity contribution in [2.24, 2.45) is 0 Å². The van der Waals surface area contributed by atoms with E-state index in [9.17, 15) is 4.79 Å². The van der Waals surface area contributed by atoms with Crippen LogP contribution >= 0.6 is 15.9 Å². The molecule has 0 atom stereocenters. The molecular weight excluding hydrogens is 294 g/mol. The third-order valence-corrected chi connectivity index (χ3v) is 2.93. The molecule has 0 bridgehead atoms. The Morgan fingerprint density at radius 3 is 2.83 bits per heavy atom. The molecule has 0 spiro atoms. The van der Waals surface area contributed by atoms with Gasteiger partial charge in [-0.1, -0.05) is 13.0 Å². The first kappa shape index (κ1) is 14.9. The maximum Gasteiger partial charge on any atom is 0.306 e. The van der Waals surface area contributed by atoms with E-state index in [1.807, 2.05) is 19.2 Å². The van der Waals surface area contributed by atoms with E-state index in [2.05, 4.69) is 33.9 Å². The van der Waals surface area contributed by atoms with Crippen LogP contribution in [0.2, 0.25) is 0 Å². The van der Waals surface area contributed by atoms with Crippen molar-refractivity contribution in [3.8, 4) is 0 Å². The zero-order valence-electron chi connectivity index (χ0n) is 10.8. The number of hydrogen-bond acceptors (Lipinski definition) is 3. The summed E-state index contributed by atoms with van der Waals surface area (Å²) in [6.07, 6.45) is 7.73. The van der Waals surface area contributed by atoms with Gasteiger partial charge in [-0.15, -0.1) is 0 Å². The van der Waals surface area contributed by atoms with Gasteiger partial charge in [-0.2, -0.15) is 0 Å². The zero-order valence-corrected chi connectivity index (χ0v) is 12.4. The topological polar surface area (TPSA) is 39.2 Å². The van der Waals surface area contributed by atoms with Crippen LogP contribution in [0.3, 0.4) is 0 Å². The second kappa shape index (κ2) is 8.03. The van der Waals surface area contributed by atoms with Gasteiger partial charge in [-0.25, -0.2) is 0 Å². The van der Waals surface area contributed by atoms with Gasteiger partial charge in [0, 0.05) is 23.3 Å². The molecule has 98 valence electrons. The molecule has 4 heteroatoms. The predicted octanol–water partition coefficient (Wildman–Crippen LogP) is 3.98. The summed E-state index contributed by atoms with van der Waals surface area (Å²) in [7, 11) is 0. The molecule has 1 aromatic rings. The van der Waals surface area contributed by atoms with E-state index in [0.717, 1.165) is 16.5 Å². The van der Waals surface area contributed by atoms with Crippen LogP contribution in [-0.2, 0) is 9.53 Å². The number of pyridine rings is 1. The van der Waals surface area contributed by atoms with Crippen LogP contribution < -0.4 is 0 Å². The van der Waals surface area contributed by atoms with E-state index in [1.165, 1.54) is 5.57 Å². The minimum Gasteiger partial charge on any atom is -0.466 e. The van der Waals surface area contributed by atoms with Crippen LogP contribution in [0.15, 0.2) is 29.0 Å². The van der Waals surface area contributed by atoms with Crippen LogP contribution in [0.4, 0.5) is 0 Å². The average Bonchev–Trinajstić information content (AvgIpc) is 2.35. The third kappa shape index (κ3) is 5.00. The van der Waals surface area contributed by atoms with Crippen LogP contribution in [0.1, 0.15) is 38.7 Å². The Labute approximate surface area is 116 Å². The van der Waals surface area contributed by atoms with Gasteiger partial charge >= 0.3 is 5.97 Å². The van der Waals surface area contributed by atoms with Crippen LogP contribution in [-0.4, -0.2) is 17.6 Å². The number of ether oxygens (including phenoxy) is 1. The van der Waals surface area contributed by atoms with Crippen molar-refractivity contribution < 1.29 is 9.53 Å². The molecule has 1 rings (SSSR count). The van der Waals surface area contributed by atoms with Crippen molar-refractivity contribution in [1.29, 1.82) is 0 Å². The highest BCUT2D eigenvalue weighted by atomic mass is 79.9. The number of esters is 1. The summed E-state index contributed by atoms with van der Waals surface area (Å²) < 4.78 is 5.86. The number of halogens is 1. The number of hydrogen-bond donors (Lipinski definition) is 0. The van der Waals surface area contributed by atoms with E-state index < -0.39 is 0 Å². The Hall–Kier alpha value is -1.16. The summed E-state index contributed by atoms with van der Waals surface area (Å²) in [5, 5.41) is 0. The molecule has 0 aliphatic carbocycles. The van der Waals surface area contributed by atoms with Gasteiger partial charge in [0.25, 0.3) is 0 Å². The third-order valence-electron chi connectivity index (χ3n) is 2.50. The normalized spacial score (nSPS) is 11.4. The van der Waals surface area contributed by atoms with Gasteiger partial charge in [0.2, 0.25) is 0 Å². The van der Waals surface area contributed by atoms with E-state index in [4.69, 9.17) is 4.74 Å². The maximum absolute atomic E-state index is 11.2. The molecule has 1 heterocycles. The smallest absolute Gasteiger partial charge is 0.306 e. The number of rotatable bonds is 6. The minimum atomic E-state index is -0.142. The van der Waals surface area contributed by atoms with Crippen molar-refractivity contribution in [3.05, 3.63) is 34.6 Å². The number of nitrogens with zero attached hydrogens (tertiary/aromatic N) is 1. The first-order valence-corrected chi connectivity index (χ1v) is 6.92. The maximum atomic E-state index is 11.2. The number of aromatic nitrogens is 1. The number of carbonyl (C=O) groups is 1. The zero-order chi connectivity index (χ0) is 13.4. The first-order valence-electron chi connectivity index (χ1n) is 6.13.